The molecule has 0 aromatic heterocycles. The van der Waals surface area contributed by atoms with Gasteiger partial charge in [0, 0.05) is 0 Å². The van der Waals surface area contributed by atoms with Crippen molar-refractivity contribution in [3.05, 3.63) is 0 Å². The van der Waals surface area contributed by atoms with E-state index in [1.165, 1.54) is 0 Å². The molecule has 4 nitrogen and oxygen atoms in total. The lowest BCUT2D eigenvalue weighted by atomic mass is 10.1. The number of aliphatic hydroxyl groups excluding tert-OH is 1. The Morgan fingerprint density at radius 2 is 2.38 bits per heavy atom. The zero-order valence-electron chi connectivity index (χ0n) is 8.03. The lowest BCUT2D eigenvalue weighted by molar-refractivity contribution is -0.157. The van der Waals surface area contributed by atoms with E-state index >= 15 is 0 Å². The van der Waals surface area contributed by atoms with E-state index in [-0.39, 0.29) is 18.5 Å². The van der Waals surface area contributed by atoms with Crippen LogP contribution < -0.4 is 0 Å². The van der Waals surface area contributed by atoms with Gasteiger partial charge in [-0.25, -0.2) is 0 Å². The van der Waals surface area contributed by atoms with Crippen LogP contribution in [0.5, 0.6) is 0 Å². The monoisotopic (exact) mass is 188 g/mol. The van der Waals surface area contributed by atoms with Crippen LogP contribution in [0.3, 0.4) is 0 Å². The molecule has 4 heteroatoms. The maximum absolute atomic E-state index is 11.3. The Balaban J connectivity index is 2.35. The molecule has 0 radical (unpaired) electrons. The fraction of sp³-hybridized carbons (Fsp3) is 0.889. The number of esters is 1. The SMILES string of the molecule is CCC(C)C(=O)OC1COCC1O. The smallest absolute Gasteiger partial charge is 0.309 e. The fourth-order valence-electron chi connectivity index (χ4n) is 1.07. The number of carbonyl (C=O) groups is 1. The van der Waals surface area contributed by atoms with Crippen molar-refractivity contribution < 1.29 is 19.4 Å². The van der Waals surface area contributed by atoms with Gasteiger partial charge in [0.2, 0.25) is 0 Å². The van der Waals surface area contributed by atoms with Crippen LogP contribution in [-0.2, 0) is 14.3 Å². The molecule has 13 heavy (non-hydrogen) atoms. The van der Waals surface area contributed by atoms with Gasteiger partial charge in [0.05, 0.1) is 19.1 Å². The van der Waals surface area contributed by atoms with Crippen molar-refractivity contribution in [1.29, 1.82) is 0 Å². The third-order valence-electron chi connectivity index (χ3n) is 2.28. The molecule has 1 fully saturated rings. The largest absolute Gasteiger partial charge is 0.457 e. The van der Waals surface area contributed by atoms with Crippen LogP contribution in [0.4, 0.5) is 0 Å². The van der Waals surface area contributed by atoms with E-state index in [0.717, 1.165) is 6.42 Å². The average Bonchev–Trinajstić information content (AvgIpc) is 2.50. The first kappa shape index (κ1) is 10.5. The molecule has 1 heterocycles. The molecule has 0 aromatic carbocycles. The Labute approximate surface area is 77.8 Å². The van der Waals surface area contributed by atoms with E-state index in [4.69, 9.17) is 9.47 Å². The minimum Gasteiger partial charge on any atom is -0.457 e. The molecule has 1 aliphatic heterocycles. The van der Waals surface area contributed by atoms with Crippen molar-refractivity contribution in [1.82, 2.24) is 0 Å². The molecule has 0 bridgehead atoms. The first-order valence-corrected chi connectivity index (χ1v) is 4.61. The van der Waals surface area contributed by atoms with Gasteiger partial charge < -0.3 is 14.6 Å². The Bertz CT molecular complexity index is 180. The van der Waals surface area contributed by atoms with Gasteiger partial charge in [0.25, 0.3) is 0 Å². The van der Waals surface area contributed by atoms with Crippen molar-refractivity contribution in [2.45, 2.75) is 32.5 Å². The Morgan fingerprint density at radius 3 is 2.85 bits per heavy atom. The molecule has 0 aliphatic carbocycles. The minimum atomic E-state index is -0.659. The topological polar surface area (TPSA) is 55.8 Å². The van der Waals surface area contributed by atoms with E-state index in [1.54, 1.807) is 0 Å². The van der Waals surface area contributed by atoms with Gasteiger partial charge in [-0.3, -0.25) is 4.79 Å². The molecule has 0 aromatic rings. The fourth-order valence-corrected chi connectivity index (χ4v) is 1.07. The highest BCUT2D eigenvalue weighted by Gasteiger charge is 2.30. The van der Waals surface area contributed by atoms with E-state index in [2.05, 4.69) is 0 Å². The van der Waals surface area contributed by atoms with Crippen molar-refractivity contribution in [2.24, 2.45) is 5.92 Å². The number of carbonyl (C=O) groups excluding carboxylic acids is 1. The highest BCUT2D eigenvalue weighted by atomic mass is 16.6. The molecular formula is C9H16O4. The summed E-state index contributed by atoms with van der Waals surface area (Å²) >= 11 is 0. The Hall–Kier alpha value is -0.610. The normalized spacial score (nSPS) is 30.1. The van der Waals surface area contributed by atoms with Crippen LogP contribution in [0.1, 0.15) is 20.3 Å². The van der Waals surface area contributed by atoms with Gasteiger partial charge in [-0.2, -0.15) is 0 Å². The Kier molecular flexibility index (Phi) is 3.69. The van der Waals surface area contributed by atoms with Crippen LogP contribution in [0.25, 0.3) is 0 Å². The summed E-state index contributed by atoms with van der Waals surface area (Å²) in [7, 11) is 0. The lowest BCUT2D eigenvalue weighted by Gasteiger charge is -2.16. The number of aliphatic hydroxyl groups is 1. The lowest BCUT2D eigenvalue weighted by Crippen LogP contribution is -2.31. The van der Waals surface area contributed by atoms with Gasteiger partial charge in [-0.1, -0.05) is 13.8 Å². The van der Waals surface area contributed by atoms with Gasteiger partial charge in [0.15, 0.2) is 6.10 Å². The van der Waals surface area contributed by atoms with E-state index in [0.29, 0.717) is 6.61 Å². The second-order valence-electron chi connectivity index (χ2n) is 3.39. The highest BCUT2D eigenvalue weighted by Crippen LogP contribution is 2.13. The van der Waals surface area contributed by atoms with Crippen molar-refractivity contribution in [3.63, 3.8) is 0 Å². The number of hydrogen-bond acceptors (Lipinski definition) is 4. The predicted molar refractivity (Wildman–Crippen MR) is 46.2 cm³/mol. The molecule has 76 valence electrons. The molecule has 1 saturated heterocycles. The van der Waals surface area contributed by atoms with Crippen molar-refractivity contribution >= 4 is 5.97 Å². The summed E-state index contributed by atoms with van der Waals surface area (Å²) in [5.74, 6) is -0.357. The van der Waals surface area contributed by atoms with E-state index in [1.807, 2.05) is 13.8 Å². The minimum absolute atomic E-state index is 0.104. The molecule has 3 unspecified atom stereocenters. The summed E-state index contributed by atoms with van der Waals surface area (Å²) in [4.78, 5) is 11.3. The molecule has 1 aliphatic rings. The first-order valence-electron chi connectivity index (χ1n) is 4.61. The molecule has 0 spiro atoms. The van der Waals surface area contributed by atoms with Crippen molar-refractivity contribution in [2.75, 3.05) is 13.2 Å². The number of ether oxygens (including phenoxy) is 2. The molecule has 1 N–H and O–H groups in total. The second kappa shape index (κ2) is 4.58. The quantitative estimate of drug-likeness (QED) is 0.649. The van der Waals surface area contributed by atoms with Gasteiger partial charge in [0.1, 0.15) is 6.10 Å². The third kappa shape index (κ3) is 2.67. The van der Waals surface area contributed by atoms with Gasteiger partial charge >= 0.3 is 5.97 Å². The molecule has 0 saturated carbocycles. The van der Waals surface area contributed by atoms with Crippen LogP contribution in [-0.4, -0.2) is 36.5 Å². The maximum atomic E-state index is 11.3. The summed E-state index contributed by atoms with van der Waals surface area (Å²) in [6.07, 6.45) is -0.378. The van der Waals surface area contributed by atoms with Crippen LogP contribution in [0.2, 0.25) is 0 Å². The summed E-state index contributed by atoms with van der Waals surface area (Å²) in [5, 5.41) is 9.29. The zero-order chi connectivity index (χ0) is 9.84. The summed E-state index contributed by atoms with van der Waals surface area (Å²) in [5.41, 5.74) is 0. The molecule has 3 atom stereocenters. The number of rotatable bonds is 3. The first-order chi connectivity index (χ1) is 6.15. The van der Waals surface area contributed by atoms with Crippen LogP contribution in [0.15, 0.2) is 0 Å². The third-order valence-corrected chi connectivity index (χ3v) is 2.28. The standard InChI is InChI=1S/C9H16O4/c1-3-6(2)9(11)13-8-5-12-4-7(8)10/h6-8,10H,3-5H2,1-2H3. The van der Waals surface area contributed by atoms with Gasteiger partial charge in [-0.15, -0.1) is 0 Å². The average molecular weight is 188 g/mol. The highest BCUT2D eigenvalue weighted by molar-refractivity contribution is 5.72. The van der Waals surface area contributed by atoms with Crippen LogP contribution in [0, 0.1) is 5.92 Å². The summed E-state index contributed by atoms with van der Waals surface area (Å²) < 4.78 is 10.0. The Morgan fingerprint density at radius 1 is 1.69 bits per heavy atom. The molecule has 1 rings (SSSR count). The molecular weight excluding hydrogens is 172 g/mol. The molecule has 0 amide bonds. The summed E-state index contributed by atoms with van der Waals surface area (Å²) in [6.45, 7) is 4.31. The number of hydrogen-bond donors (Lipinski definition) is 1. The van der Waals surface area contributed by atoms with E-state index < -0.39 is 12.2 Å². The zero-order valence-corrected chi connectivity index (χ0v) is 8.03. The van der Waals surface area contributed by atoms with Gasteiger partial charge in [-0.05, 0) is 6.42 Å². The van der Waals surface area contributed by atoms with Crippen LogP contribution >= 0.6 is 0 Å². The second-order valence-corrected chi connectivity index (χ2v) is 3.39. The van der Waals surface area contributed by atoms with Crippen molar-refractivity contribution in [3.8, 4) is 0 Å². The van der Waals surface area contributed by atoms with E-state index in [9.17, 15) is 9.90 Å². The summed E-state index contributed by atoms with van der Waals surface area (Å²) in [6, 6.07) is 0. The maximum Gasteiger partial charge on any atom is 0.309 e. The predicted octanol–water partition coefficient (Wildman–Crippen LogP) is 0.335.